The summed E-state index contributed by atoms with van der Waals surface area (Å²) in [6.45, 7) is 6.23. The van der Waals surface area contributed by atoms with E-state index in [1.165, 1.54) is 25.0 Å². The second-order valence-corrected chi connectivity index (χ2v) is 6.55. The molecule has 2 fully saturated rings. The number of aryl methyl sites for hydroxylation is 1. The summed E-state index contributed by atoms with van der Waals surface area (Å²) < 4.78 is 0. The van der Waals surface area contributed by atoms with Crippen molar-refractivity contribution in [3.05, 3.63) is 42.0 Å². The van der Waals surface area contributed by atoms with E-state index in [0.717, 1.165) is 43.5 Å². The maximum atomic E-state index is 4.67. The van der Waals surface area contributed by atoms with Gasteiger partial charge in [0.25, 0.3) is 0 Å². The molecule has 0 aliphatic carbocycles. The monoisotopic (exact) mass is 309 g/mol. The Bertz CT molecular complexity index is 675. The Hall–Kier alpha value is -2.17. The average Bonchev–Trinajstić information content (AvgIpc) is 2.55. The smallest absolute Gasteiger partial charge is 0.150 e. The van der Waals surface area contributed by atoms with E-state index < -0.39 is 0 Å². The molecule has 5 heteroatoms. The van der Waals surface area contributed by atoms with Gasteiger partial charge in [-0.3, -0.25) is 4.98 Å². The summed E-state index contributed by atoms with van der Waals surface area (Å²) >= 11 is 0. The van der Waals surface area contributed by atoms with Gasteiger partial charge in [-0.05, 0) is 38.3 Å². The minimum absolute atomic E-state index is 0.461. The number of hydrogen-bond donors (Lipinski definition) is 0. The highest BCUT2D eigenvalue weighted by atomic mass is 15.3. The molecule has 120 valence electrons. The summed E-state index contributed by atoms with van der Waals surface area (Å²) in [6.07, 6.45) is 7.52. The fourth-order valence-electron chi connectivity index (χ4n) is 3.52. The van der Waals surface area contributed by atoms with Gasteiger partial charge >= 0.3 is 0 Å². The van der Waals surface area contributed by atoms with Gasteiger partial charge in [0.1, 0.15) is 5.82 Å². The van der Waals surface area contributed by atoms with Crippen LogP contribution in [0.2, 0.25) is 0 Å². The first kappa shape index (κ1) is 14.4. The van der Waals surface area contributed by atoms with E-state index in [1.807, 2.05) is 25.4 Å². The molecule has 2 aromatic rings. The summed E-state index contributed by atoms with van der Waals surface area (Å²) in [6, 6.07) is 6.20. The molecular formula is C18H23N5. The number of anilines is 2. The third-order valence-corrected chi connectivity index (χ3v) is 4.83. The number of pyridine rings is 1. The predicted molar refractivity (Wildman–Crippen MR) is 92.0 cm³/mol. The lowest BCUT2D eigenvalue weighted by Crippen LogP contribution is -2.46. The van der Waals surface area contributed by atoms with Gasteiger partial charge in [0.05, 0.1) is 5.69 Å². The summed E-state index contributed by atoms with van der Waals surface area (Å²) in [5, 5.41) is 0. The van der Waals surface area contributed by atoms with Crippen molar-refractivity contribution >= 4 is 11.6 Å². The molecule has 5 nitrogen and oxygen atoms in total. The molecule has 2 aliphatic heterocycles. The van der Waals surface area contributed by atoms with Gasteiger partial charge in [-0.15, -0.1) is 0 Å². The second kappa shape index (κ2) is 6.14. The lowest BCUT2D eigenvalue weighted by atomic mass is 9.95. The molecule has 4 rings (SSSR count). The van der Waals surface area contributed by atoms with Crippen molar-refractivity contribution in [2.24, 2.45) is 0 Å². The van der Waals surface area contributed by atoms with Gasteiger partial charge < -0.3 is 9.80 Å². The number of aromatic nitrogens is 3. The zero-order chi connectivity index (χ0) is 15.6. The molecule has 23 heavy (non-hydrogen) atoms. The minimum atomic E-state index is 0.461. The minimum Gasteiger partial charge on any atom is -0.355 e. The fourth-order valence-corrected chi connectivity index (χ4v) is 3.52. The van der Waals surface area contributed by atoms with Crippen LogP contribution in [0.15, 0.2) is 30.6 Å². The van der Waals surface area contributed by atoms with Crippen LogP contribution in [-0.2, 0) is 0 Å². The Morgan fingerprint density at radius 2 is 1.74 bits per heavy atom. The average molecular weight is 309 g/mol. The maximum Gasteiger partial charge on any atom is 0.150 e. The molecule has 0 saturated carbocycles. The van der Waals surface area contributed by atoms with E-state index in [2.05, 4.69) is 36.9 Å². The lowest BCUT2D eigenvalue weighted by Gasteiger charge is -2.41. The highest BCUT2D eigenvalue weighted by Crippen LogP contribution is 2.34. The van der Waals surface area contributed by atoms with Crippen molar-refractivity contribution in [2.45, 2.75) is 32.1 Å². The Kier molecular flexibility index (Phi) is 3.85. The zero-order valence-electron chi connectivity index (χ0n) is 13.6. The van der Waals surface area contributed by atoms with Crippen LogP contribution in [0.5, 0.6) is 0 Å². The Labute approximate surface area is 137 Å². The Balaban J connectivity index is 1.50. The van der Waals surface area contributed by atoms with Gasteiger partial charge in [0, 0.05) is 50.2 Å². The van der Waals surface area contributed by atoms with Gasteiger partial charge in [-0.2, -0.15) is 0 Å². The van der Waals surface area contributed by atoms with Crippen LogP contribution < -0.4 is 9.80 Å². The summed E-state index contributed by atoms with van der Waals surface area (Å²) in [5.74, 6) is 2.64. The van der Waals surface area contributed by atoms with Crippen molar-refractivity contribution in [1.82, 2.24) is 15.0 Å². The molecule has 0 atom stereocenters. The molecule has 0 aromatic carbocycles. The normalized spacial score (nSPS) is 18.8. The molecular weight excluding hydrogens is 286 g/mol. The van der Waals surface area contributed by atoms with E-state index in [9.17, 15) is 0 Å². The molecule has 2 aliphatic rings. The van der Waals surface area contributed by atoms with Gasteiger partial charge in [0.2, 0.25) is 0 Å². The molecule has 0 radical (unpaired) electrons. The molecule has 2 saturated heterocycles. The first-order valence-corrected chi connectivity index (χ1v) is 8.56. The number of rotatable bonds is 3. The number of nitrogens with zero attached hydrogens (tertiary/aromatic N) is 5. The third kappa shape index (κ3) is 2.87. The first-order valence-electron chi connectivity index (χ1n) is 8.56. The van der Waals surface area contributed by atoms with Crippen LogP contribution in [-0.4, -0.2) is 41.1 Å². The van der Waals surface area contributed by atoms with Crippen LogP contribution in [0.3, 0.4) is 0 Å². The fraction of sp³-hybridized carbons (Fsp3) is 0.500. The van der Waals surface area contributed by atoms with Crippen molar-refractivity contribution in [3.8, 4) is 0 Å². The summed E-state index contributed by atoms with van der Waals surface area (Å²) in [7, 11) is 0. The van der Waals surface area contributed by atoms with Gasteiger partial charge in [-0.25, -0.2) is 9.97 Å². The Morgan fingerprint density at radius 3 is 2.52 bits per heavy atom. The topological polar surface area (TPSA) is 45.2 Å². The van der Waals surface area contributed by atoms with E-state index in [4.69, 9.17) is 0 Å². The van der Waals surface area contributed by atoms with E-state index in [0.29, 0.717) is 5.92 Å². The lowest BCUT2D eigenvalue weighted by molar-refractivity contribution is 0.500. The summed E-state index contributed by atoms with van der Waals surface area (Å²) in [4.78, 5) is 18.7. The zero-order valence-corrected chi connectivity index (χ0v) is 13.6. The highest BCUT2D eigenvalue weighted by molar-refractivity contribution is 5.51. The summed E-state index contributed by atoms with van der Waals surface area (Å²) in [5.41, 5.74) is 2.23. The third-order valence-electron chi connectivity index (χ3n) is 4.83. The van der Waals surface area contributed by atoms with Crippen molar-refractivity contribution in [1.29, 1.82) is 0 Å². The molecule has 0 N–H and O–H groups in total. The van der Waals surface area contributed by atoms with Gasteiger partial charge in [-0.1, -0.05) is 6.07 Å². The molecule has 0 unspecified atom stereocenters. The van der Waals surface area contributed by atoms with Crippen LogP contribution in [0.1, 0.15) is 36.6 Å². The van der Waals surface area contributed by atoms with Crippen molar-refractivity contribution in [2.75, 3.05) is 36.0 Å². The largest absolute Gasteiger partial charge is 0.355 e. The number of hydrogen-bond acceptors (Lipinski definition) is 5. The van der Waals surface area contributed by atoms with E-state index in [1.54, 1.807) is 0 Å². The van der Waals surface area contributed by atoms with E-state index in [-0.39, 0.29) is 0 Å². The maximum absolute atomic E-state index is 4.67. The van der Waals surface area contributed by atoms with Crippen molar-refractivity contribution < 1.29 is 0 Å². The quantitative estimate of drug-likeness (QED) is 0.872. The molecule has 0 spiro atoms. The SMILES string of the molecule is Cc1cccc(N2CC(c3nccnc3N3CCCCC3)C2)n1. The molecule has 0 amide bonds. The first-order chi connectivity index (χ1) is 11.3. The van der Waals surface area contributed by atoms with E-state index >= 15 is 0 Å². The second-order valence-electron chi connectivity index (χ2n) is 6.55. The molecule has 4 heterocycles. The van der Waals surface area contributed by atoms with Crippen LogP contribution in [0.25, 0.3) is 0 Å². The van der Waals surface area contributed by atoms with Crippen LogP contribution in [0.4, 0.5) is 11.6 Å². The Morgan fingerprint density at radius 1 is 0.957 bits per heavy atom. The van der Waals surface area contributed by atoms with Gasteiger partial charge in [0.15, 0.2) is 5.82 Å². The number of piperidine rings is 1. The molecule has 2 aromatic heterocycles. The van der Waals surface area contributed by atoms with Crippen LogP contribution in [0, 0.1) is 6.92 Å². The van der Waals surface area contributed by atoms with Crippen LogP contribution >= 0.6 is 0 Å². The standard InChI is InChI=1S/C18H23N5/c1-14-6-5-7-16(21-14)23-12-15(13-23)17-18(20-9-8-19-17)22-10-3-2-4-11-22/h5-9,15H,2-4,10-13H2,1H3. The predicted octanol–water partition coefficient (Wildman–Crippen LogP) is 2.77. The molecule has 0 bridgehead atoms. The highest BCUT2D eigenvalue weighted by Gasteiger charge is 2.33. The van der Waals surface area contributed by atoms with Crippen molar-refractivity contribution in [3.63, 3.8) is 0 Å².